The second kappa shape index (κ2) is 3.44. The minimum absolute atomic E-state index is 0.0000189. The van der Waals surface area contributed by atoms with E-state index in [1.807, 2.05) is 0 Å². The number of carbonyl (C=O) groups excluding carboxylic acids is 2. The average Bonchev–Trinajstić information content (AvgIpc) is 2.90. The van der Waals surface area contributed by atoms with Crippen LogP contribution in [0.15, 0.2) is 11.3 Å². The maximum atomic E-state index is 11.4. The molecule has 14 heavy (non-hydrogen) atoms. The van der Waals surface area contributed by atoms with Crippen LogP contribution in [0.1, 0.15) is 19.8 Å². The third-order valence-electron chi connectivity index (χ3n) is 2.31. The van der Waals surface area contributed by atoms with Gasteiger partial charge in [0, 0.05) is 5.92 Å². The number of esters is 1. The van der Waals surface area contributed by atoms with Gasteiger partial charge in [0.1, 0.15) is 11.3 Å². The quantitative estimate of drug-likeness (QED) is 0.495. The second-order valence-electron chi connectivity index (χ2n) is 3.45. The molecule has 4 nitrogen and oxygen atoms in total. The molecule has 0 spiro atoms. The van der Waals surface area contributed by atoms with Gasteiger partial charge >= 0.3 is 5.97 Å². The zero-order chi connectivity index (χ0) is 10.1. The van der Waals surface area contributed by atoms with Crippen LogP contribution in [0.25, 0.3) is 0 Å². The summed E-state index contributed by atoms with van der Waals surface area (Å²) in [4.78, 5) is 22.8. The van der Waals surface area contributed by atoms with Crippen LogP contribution < -0.4 is 0 Å². The molecule has 1 aliphatic carbocycles. The lowest BCUT2D eigenvalue weighted by atomic mass is 10.1. The molecule has 0 radical (unpaired) electrons. The van der Waals surface area contributed by atoms with Crippen LogP contribution in [0.2, 0.25) is 0 Å². The van der Waals surface area contributed by atoms with Crippen molar-refractivity contribution in [3.63, 3.8) is 0 Å². The number of allylic oxidation sites excluding steroid dienone is 1. The highest BCUT2D eigenvalue weighted by Gasteiger charge is 2.40. The molecule has 0 aromatic heterocycles. The lowest BCUT2D eigenvalue weighted by molar-refractivity contribution is -0.139. The fourth-order valence-electron chi connectivity index (χ4n) is 1.51. The monoisotopic (exact) mass is 196 g/mol. The molecule has 0 aromatic rings. The minimum Gasteiger partial charge on any atom is -0.488 e. The van der Waals surface area contributed by atoms with Crippen LogP contribution in [-0.4, -0.2) is 25.0 Å². The zero-order valence-electron chi connectivity index (χ0n) is 8.04. The highest BCUT2D eigenvalue weighted by Crippen LogP contribution is 2.41. The molecule has 1 fully saturated rings. The van der Waals surface area contributed by atoms with Gasteiger partial charge < -0.3 is 9.47 Å². The molecular weight excluding hydrogens is 184 g/mol. The van der Waals surface area contributed by atoms with E-state index in [4.69, 9.17) is 9.47 Å². The molecule has 4 heteroatoms. The number of ketones is 1. The minimum atomic E-state index is -0.531. The van der Waals surface area contributed by atoms with Gasteiger partial charge in [-0.2, -0.15) is 0 Å². The SMILES string of the molecule is CCOC(=O)C1=C(C2CC2)OCC1=O. The Morgan fingerprint density at radius 1 is 1.57 bits per heavy atom. The predicted octanol–water partition coefficient (Wildman–Crippen LogP) is 0.813. The van der Waals surface area contributed by atoms with Crippen molar-refractivity contribution in [2.24, 2.45) is 5.92 Å². The number of rotatable bonds is 3. The normalized spacial score (nSPS) is 21.1. The smallest absolute Gasteiger partial charge is 0.345 e. The van der Waals surface area contributed by atoms with E-state index in [1.165, 1.54) is 0 Å². The molecule has 2 rings (SSSR count). The molecule has 76 valence electrons. The molecule has 1 heterocycles. The number of carbonyl (C=O) groups is 2. The predicted molar refractivity (Wildman–Crippen MR) is 47.3 cm³/mol. The zero-order valence-corrected chi connectivity index (χ0v) is 8.04. The first-order valence-electron chi connectivity index (χ1n) is 4.81. The lowest BCUT2D eigenvalue weighted by Crippen LogP contribution is -2.15. The summed E-state index contributed by atoms with van der Waals surface area (Å²) in [6.07, 6.45) is 2.01. The summed E-state index contributed by atoms with van der Waals surface area (Å²) in [6.45, 7) is 2.00. The summed E-state index contributed by atoms with van der Waals surface area (Å²) in [7, 11) is 0. The van der Waals surface area contributed by atoms with E-state index in [0.717, 1.165) is 12.8 Å². The second-order valence-corrected chi connectivity index (χ2v) is 3.45. The van der Waals surface area contributed by atoms with Gasteiger partial charge in [0.2, 0.25) is 5.78 Å². The highest BCUT2D eigenvalue weighted by atomic mass is 16.5. The van der Waals surface area contributed by atoms with E-state index in [9.17, 15) is 9.59 Å². The van der Waals surface area contributed by atoms with E-state index in [2.05, 4.69) is 0 Å². The summed E-state index contributed by atoms with van der Waals surface area (Å²) in [5, 5.41) is 0. The largest absolute Gasteiger partial charge is 0.488 e. The standard InChI is InChI=1S/C10H12O4/c1-2-13-10(12)8-7(11)5-14-9(8)6-3-4-6/h6H,2-5H2,1H3. The maximum Gasteiger partial charge on any atom is 0.345 e. The fourth-order valence-corrected chi connectivity index (χ4v) is 1.51. The van der Waals surface area contributed by atoms with Gasteiger partial charge in [0.15, 0.2) is 6.61 Å². The molecule has 0 saturated heterocycles. The molecule has 0 amide bonds. The van der Waals surface area contributed by atoms with Crippen molar-refractivity contribution in [3.05, 3.63) is 11.3 Å². The molecule has 1 saturated carbocycles. The summed E-state index contributed by atoms with van der Waals surface area (Å²) < 4.78 is 10.0. The molecule has 1 aliphatic heterocycles. The van der Waals surface area contributed by atoms with Crippen molar-refractivity contribution in [3.8, 4) is 0 Å². The number of ether oxygens (including phenoxy) is 2. The van der Waals surface area contributed by atoms with Gasteiger partial charge in [-0.15, -0.1) is 0 Å². The Hall–Kier alpha value is -1.32. The van der Waals surface area contributed by atoms with Gasteiger partial charge in [-0.25, -0.2) is 4.79 Å². The lowest BCUT2D eigenvalue weighted by Gasteiger charge is -2.02. The van der Waals surface area contributed by atoms with Gasteiger partial charge in [0.25, 0.3) is 0 Å². The summed E-state index contributed by atoms with van der Waals surface area (Å²) in [5.41, 5.74) is 0.148. The fraction of sp³-hybridized carbons (Fsp3) is 0.600. The van der Waals surface area contributed by atoms with Crippen LogP contribution in [0.4, 0.5) is 0 Å². The summed E-state index contributed by atoms with van der Waals surface area (Å²) in [6, 6.07) is 0. The van der Waals surface area contributed by atoms with E-state index >= 15 is 0 Å². The first-order chi connectivity index (χ1) is 6.74. The van der Waals surface area contributed by atoms with Crippen LogP contribution in [0.5, 0.6) is 0 Å². The van der Waals surface area contributed by atoms with Crippen molar-refractivity contribution >= 4 is 11.8 Å². The topological polar surface area (TPSA) is 52.6 Å². The van der Waals surface area contributed by atoms with Crippen molar-refractivity contribution in [2.45, 2.75) is 19.8 Å². The van der Waals surface area contributed by atoms with E-state index < -0.39 is 5.97 Å². The van der Waals surface area contributed by atoms with Gasteiger partial charge in [-0.05, 0) is 19.8 Å². The Balaban J connectivity index is 2.22. The van der Waals surface area contributed by atoms with Crippen LogP contribution >= 0.6 is 0 Å². The molecule has 0 aromatic carbocycles. The van der Waals surface area contributed by atoms with Gasteiger partial charge in [0.05, 0.1) is 6.61 Å². The maximum absolute atomic E-state index is 11.4. The summed E-state index contributed by atoms with van der Waals surface area (Å²) >= 11 is 0. The Kier molecular flexibility index (Phi) is 2.27. The van der Waals surface area contributed by atoms with E-state index in [1.54, 1.807) is 6.92 Å². The van der Waals surface area contributed by atoms with Gasteiger partial charge in [-0.3, -0.25) is 4.79 Å². The van der Waals surface area contributed by atoms with Crippen molar-refractivity contribution < 1.29 is 19.1 Å². The average molecular weight is 196 g/mol. The molecular formula is C10H12O4. The van der Waals surface area contributed by atoms with E-state index in [-0.39, 0.29) is 30.5 Å². The van der Waals surface area contributed by atoms with Crippen molar-refractivity contribution in [1.82, 2.24) is 0 Å². The third kappa shape index (κ3) is 1.52. The van der Waals surface area contributed by atoms with Crippen LogP contribution in [-0.2, 0) is 19.1 Å². The van der Waals surface area contributed by atoms with Crippen LogP contribution in [0, 0.1) is 5.92 Å². The Morgan fingerprint density at radius 2 is 2.29 bits per heavy atom. The highest BCUT2D eigenvalue weighted by molar-refractivity contribution is 6.19. The Morgan fingerprint density at radius 3 is 2.86 bits per heavy atom. The van der Waals surface area contributed by atoms with Gasteiger partial charge in [-0.1, -0.05) is 0 Å². The Labute approximate surface area is 81.9 Å². The Bertz CT molecular complexity index is 312. The van der Waals surface area contributed by atoms with Crippen molar-refractivity contribution in [1.29, 1.82) is 0 Å². The van der Waals surface area contributed by atoms with E-state index in [0.29, 0.717) is 5.76 Å². The van der Waals surface area contributed by atoms with Crippen molar-refractivity contribution in [2.75, 3.05) is 13.2 Å². The summed E-state index contributed by atoms with van der Waals surface area (Å²) in [5.74, 6) is 0.0663. The molecule has 0 N–H and O–H groups in total. The first kappa shape index (κ1) is 9.24. The molecule has 0 bridgehead atoms. The molecule has 0 atom stereocenters. The molecule has 0 unspecified atom stereocenters. The van der Waals surface area contributed by atoms with Crippen LogP contribution in [0.3, 0.4) is 0 Å². The number of hydrogen-bond donors (Lipinski definition) is 0. The number of Topliss-reactive ketones (excluding diaryl/α,β-unsaturated/α-hetero) is 1. The third-order valence-corrected chi connectivity index (χ3v) is 2.31. The first-order valence-corrected chi connectivity index (χ1v) is 4.81. The molecule has 2 aliphatic rings. The number of hydrogen-bond acceptors (Lipinski definition) is 4.